The van der Waals surface area contributed by atoms with Crippen LogP contribution in [0.25, 0.3) is 0 Å². The Bertz CT molecular complexity index is 312. The summed E-state index contributed by atoms with van der Waals surface area (Å²) in [6.45, 7) is 14.6. The number of aldehydes is 1. The first kappa shape index (κ1) is 23.3. The van der Waals surface area contributed by atoms with Crippen LogP contribution in [0.3, 0.4) is 0 Å². The van der Waals surface area contributed by atoms with Gasteiger partial charge in [0.15, 0.2) is 0 Å². The van der Waals surface area contributed by atoms with Crippen molar-refractivity contribution in [3.05, 3.63) is 11.6 Å². The van der Waals surface area contributed by atoms with Gasteiger partial charge in [-0.3, -0.25) is 4.79 Å². The van der Waals surface area contributed by atoms with Crippen molar-refractivity contribution in [2.75, 3.05) is 0 Å². The van der Waals surface area contributed by atoms with Gasteiger partial charge in [-0.05, 0) is 44.9 Å². The van der Waals surface area contributed by atoms with Crippen molar-refractivity contribution < 1.29 is 9.59 Å². The largest absolute Gasteiger partial charge is 0.303 e. The predicted molar refractivity (Wildman–Crippen MR) is 97.0 cm³/mol. The van der Waals surface area contributed by atoms with Crippen LogP contribution < -0.4 is 0 Å². The first-order valence-electron chi connectivity index (χ1n) is 8.84. The second-order valence-corrected chi connectivity index (χ2v) is 7.04. The van der Waals surface area contributed by atoms with Crippen molar-refractivity contribution in [3.8, 4) is 0 Å². The maximum absolute atomic E-state index is 11.2. The summed E-state index contributed by atoms with van der Waals surface area (Å²) >= 11 is 0. The summed E-state index contributed by atoms with van der Waals surface area (Å²) in [7, 11) is 0. The second-order valence-electron chi connectivity index (χ2n) is 7.04. The highest BCUT2D eigenvalue weighted by Crippen LogP contribution is 2.12. The van der Waals surface area contributed by atoms with Crippen LogP contribution in [0.4, 0.5) is 0 Å². The minimum atomic E-state index is 0.221. The lowest BCUT2D eigenvalue weighted by Gasteiger charge is -2.08. The Balaban J connectivity index is 0. The molecule has 0 aromatic rings. The van der Waals surface area contributed by atoms with E-state index in [-0.39, 0.29) is 5.92 Å². The number of rotatable bonds is 10. The molecule has 0 heterocycles. The third kappa shape index (κ3) is 17.1. The summed E-state index contributed by atoms with van der Waals surface area (Å²) in [5, 5.41) is 0. The van der Waals surface area contributed by atoms with Gasteiger partial charge in [-0.2, -0.15) is 0 Å². The molecule has 0 rings (SSSR count). The van der Waals surface area contributed by atoms with Crippen LogP contribution in [0.2, 0.25) is 0 Å². The zero-order chi connectivity index (χ0) is 17.5. The van der Waals surface area contributed by atoms with Crippen molar-refractivity contribution in [2.24, 2.45) is 17.8 Å². The van der Waals surface area contributed by atoms with E-state index in [2.05, 4.69) is 40.7 Å². The molecule has 0 spiro atoms. The third-order valence-electron chi connectivity index (χ3n) is 3.94. The molecule has 2 atom stereocenters. The van der Waals surface area contributed by atoms with Gasteiger partial charge in [-0.15, -0.1) is 0 Å². The second kappa shape index (κ2) is 15.0. The monoisotopic (exact) mass is 310 g/mol. The first-order chi connectivity index (χ1) is 10.2. The maximum Gasteiger partial charge on any atom is 0.135 e. The molecule has 0 aliphatic heterocycles. The van der Waals surface area contributed by atoms with E-state index in [1.54, 1.807) is 0 Å². The Hall–Kier alpha value is -0.920. The molecule has 0 aromatic carbocycles. The van der Waals surface area contributed by atoms with Crippen molar-refractivity contribution in [1.29, 1.82) is 0 Å². The molecular formula is C20H38O2. The van der Waals surface area contributed by atoms with Gasteiger partial charge < -0.3 is 4.79 Å². The Morgan fingerprint density at radius 3 is 2.00 bits per heavy atom. The number of ketones is 1. The summed E-state index contributed by atoms with van der Waals surface area (Å²) in [4.78, 5) is 21.3. The predicted octanol–water partition coefficient (Wildman–Crippen LogP) is 6.00. The van der Waals surface area contributed by atoms with Gasteiger partial charge in [0.2, 0.25) is 0 Å². The molecule has 0 saturated heterocycles. The molecule has 2 unspecified atom stereocenters. The van der Waals surface area contributed by atoms with E-state index in [4.69, 9.17) is 0 Å². The molecule has 0 N–H and O–H groups in total. The lowest BCUT2D eigenvalue weighted by molar-refractivity contribution is -0.122. The highest BCUT2D eigenvalue weighted by Gasteiger charge is 2.08. The summed E-state index contributed by atoms with van der Waals surface area (Å²) in [6.07, 6.45) is 9.19. The number of hydrogen-bond donors (Lipinski definition) is 0. The van der Waals surface area contributed by atoms with Gasteiger partial charge >= 0.3 is 0 Å². The third-order valence-corrected chi connectivity index (χ3v) is 3.94. The van der Waals surface area contributed by atoms with Crippen LogP contribution >= 0.6 is 0 Å². The molecule has 0 radical (unpaired) electrons. The van der Waals surface area contributed by atoms with E-state index in [9.17, 15) is 9.59 Å². The van der Waals surface area contributed by atoms with E-state index >= 15 is 0 Å². The molecule has 0 bridgehead atoms. The molecule has 0 aliphatic rings. The summed E-state index contributed by atoms with van der Waals surface area (Å²) in [5.41, 5.74) is 1.36. The van der Waals surface area contributed by atoms with E-state index in [1.807, 2.05) is 13.8 Å². The van der Waals surface area contributed by atoms with Crippen molar-refractivity contribution in [3.63, 3.8) is 0 Å². The molecule has 130 valence electrons. The Morgan fingerprint density at radius 1 is 1.00 bits per heavy atom. The maximum atomic E-state index is 11.2. The van der Waals surface area contributed by atoms with E-state index in [0.29, 0.717) is 24.0 Å². The standard InChI is InChI=1S/C10H18O.C10H20O/c1-9(2)5-4-6-10(3)7-8-11;1-5-9(4)6-7-10(11)8(2)3/h5,8,10H,4,6-7H2,1-3H3;8-9H,5-7H2,1-4H3. The molecule has 2 heteroatoms. The fraction of sp³-hybridized carbons (Fsp3) is 0.800. The van der Waals surface area contributed by atoms with Gasteiger partial charge in [0, 0.05) is 18.8 Å². The van der Waals surface area contributed by atoms with Crippen molar-refractivity contribution in [2.45, 2.75) is 87.0 Å². The summed E-state index contributed by atoms with van der Waals surface area (Å²) in [6, 6.07) is 0. The molecule has 0 fully saturated rings. The lowest BCUT2D eigenvalue weighted by atomic mass is 9.97. The Kier molecular flexibility index (Phi) is 15.9. The highest BCUT2D eigenvalue weighted by atomic mass is 16.1. The average molecular weight is 311 g/mol. The van der Waals surface area contributed by atoms with E-state index < -0.39 is 0 Å². The smallest absolute Gasteiger partial charge is 0.135 e. The zero-order valence-corrected chi connectivity index (χ0v) is 15.9. The zero-order valence-electron chi connectivity index (χ0n) is 15.9. The Morgan fingerprint density at radius 2 is 1.59 bits per heavy atom. The number of allylic oxidation sites excluding steroid dienone is 2. The topological polar surface area (TPSA) is 34.1 Å². The summed E-state index contributed by atoms with van der Waals surface area (Å²) in [5.74, 6) is 1.88. The summed E-state index contributed by atoms with van der Waals surface area (Å²) < 4.78 is 0. The molecule has 0 amide bonds. The lowest BCUT2D eigenvalue weighted by Crippen LogP contribution is -2.08. The highest BCUT2D eigenvalue weighted by molar-refractivity contribution is 5.80. The number of carbonyl (C=O) groups excluding carboxylic acids is 2. The normalized spacial score (nSPS) is 12.9. The molecule has 22 heavy (non-hydrogen) atoms. The fourth-order valence-corrected chi connectivity index (χ4v) is 1.82. The van der Waals surface area contributed by atoms with E-state index in [0.717, 1.165) is 32.0 Å². The molecule has 0 aromatic heterocycles. The van der Waals surface area contributed by atoms with Crippen LogP contribution in [-0.2, 0) is 9.59 Å². The quantitative estimate of drug-likeness (QED) is 0.366. The fourth-order valence-electron chi connectivity index (χ4n) is 1.82. The van der Waals surface area contributed by atoms with Crippen molar-refractivity contribution >= 4 is 12.1 Å². The molecule has 0 saturated carbocycles. The average Bonchev–Trinajstić information content (AvgIpc) is 2.44. The van der Waals surface area contributed by atoms with Gasteiger partial charge in [0.25, 0.3) is 0 Å². The van der Waals surface area contributed by atoms with Crippen LogP contribution in [0.15, 0.2) is 11.6 Å². The molecule has 0 aliphatic carbocycles. The van der Waals surface area contributed by atoms with E-state index in [1.165, 1.54) is 12.0 Å². The van der Waals surface area contributed by atoms with Gasteiger partial charge in [0.05, 0.1) is 0 Å². The minimum Gasteiger partial charge on any atom is -0.303 e. The van der Waals surface area contributed by atoms with Crippen molar-refractivity contribution in [1.82, 2.24) is 0 Å². The molecule has 2 nitrogen and oxygen atoms in total. The number of hydrogen-bond acceptors (Lipinski definition) is 2. The number of Topliss-reactive ketones (excluding diaryl/α,β-unsaturated/α-hetero) is 1. The Labute approximate surface area is 138 Å². The van der Waals surface area contributed by atoms with Crippen LogP contribution in [0, 0.1) is 17.8 Å². The van der Waals surface area contributed by atoms with Gasteiger partial charge in [-0.1, -0.05) is 52.7 Å². The van der Waals surface area contributed by atoms with Gasteiger partial charge in [0.1, 0.15) is 12.1 Å². The van der Waals surface area contributed by atoms with Crippen LogP contribution in [-0.4, -0.2) is 12.1 Å². The van der Waals surface area contributed by atoms with Crippen LogP contribution in [0.1, 0.15) is 87.0 Å². The van der Waals surface area contributed by atoms with Gasteiger partial charge in [-0.25, -0.2) is 0 Å². The minimum absolute atomic E-state index is 0.221. The first-order valence-corrected chi connectivity index (χ1v) is 8.84. The van der Waals surface area contributed by atoms with Crippen LogP contribution in [0.5, 0.6) is 0 Å². The number of carbonyl (C=O) groups is 2. The molecular weight excluding hydrogens is 272 g/mol. The SMILES string of the molecule is CC(C)=CCCC(C)CC=O.CCC(C)CCC(=O)C(C)C.